The van der Waals surface area contributed by atoms with Gasteiger partial charge in [0, 0.05) is 26.1 Å². The highest BCUT2D eigenvalue weighted by Crippen LogP contribution is 2.31. The summed E-state index contributed by atoms with van der Waals surface area (Å²) in [6.07, 6.45) is 2.86. The molecule has 0 radical (unpaired) electrons. The van der Waals surface area contributed by atoms with Gasteiger partial charge in [-0.15, -0.1) is 0 Å². The Hall–Kier alpha value is -2.50. The van der Waals surface area contributed by atoms with Gasteiger partial charge in [0.25, 0.3) is 0 Å². The fraction of sp³-hybridized carbons (Fsp3) is 0.476. The second kappa shape index (κ2) is 8.69. The van der Waals surface area contributed by atoms with E-state index in [0.29, 0.717) is 17.8 Å². The first-order valence-corrected chi connectivity index (χ1v) is 12.7. The Morgan fingerprint density at radius 3 is 2.73 bits per heavy atom. The molecule has 2 aromatic rings. The number of benzene rings is 1. The molecule has 0 N–H and O–H groups in total. The number of fused-ring (bicyclic) bond motifs is 1. The summed E-state index contributed by atoms with van der Waals surface area (Å²) < 4.78 is 40.2. The third kappa shape index (κ3) is 4.62. The zero-order valence-electron chi connectivity index (χ0n) is 18.5. The van der Waals surface area contributed by atoms with Gasteiger partial charge in [0.1, 0.15) is 5.82 Å². The minimum Gasteiger partial charge on any atom is -0.332 e. The summed E-state index contributed by atoms with van der Waals surface area (Å²) in [5, 5.41) is 4.36. The van der Waals surface area contributed by atoms with Crippen LogP contribution in [0.15, 0.2) is 24.4 Å². The van der Waals surface area contributed by atoms with E-state index in [1.54, 1.807) is 20.7 Å². The Balaban J connectivity index is 1.54. The normalized spacial score (nSPS) is 21.1. The van der Waals surface area contributed by atoms with Crippen molar-refractivity contribution in [2.24, 2.45) is 0 Å². The highest BCUT2D eigenvalue weighted by molar-refractivity contribution is 7.88. The molecular formula is C21H25ClFN5O4S. The van der Waals surface area contributed by atoms with Gasteiger partial charge in [-0.3, -0.25) is 14.3 Å². The number of anilines is 1. The van der Waals surface area contributed by atoms with Crippen molar-refractivity contribution >= 4 is 39.1 Å². The highest BCUT2D eigenvalue weighted by atomic mass is 35.5. The van der Waals surface area contributed by atoms with E-state index < -0.39 is 21.9 Å². The fourth-order valence-electron chi connectivity index (χ4n) is 4.31. The van der Waals surface area contributed by atoms with Crippen molar-refractivity contribution in [1.82, 2.24) is 19.0 Å². The van der Waals surface area contributed by atoms with Crippen LogP contribution < -0.4 is 4.90 Å². The second-order valence-corrected chi connectivity index (χ2v) is 11.0. The fourth-order valence-corrected chi connectivity index (χ4v) is 5.19. The van der Waals surface area contributed by atoms with Gasteiger partial charge in [0.05, 0.1) is 54.4 Å². The quantitative estimate of drug-likeness (QED) is 0.626. The van der Waals surface area contributed by atoms with Crippen LogP contribution in [0.2, 0.25) is 5.02 Å². The van der Waals surface area contributed by atoms with Crippen molar-refractivity contribution in [3.8, 4) is 0 Å². The average molecular weight is 498 g/mol. The molecule has 2 aliphatic heterocycles. The van der Waals surface area contributed by atoms with Crippen molar-refractivity contribution in [2.75, 3.05) is 24.7 Å². The number of sulfonamides is 1. The lowest BCUT2D eigenvalue weighted by Crippen LogP contribution is -2.46. The van der Waals surface area contributed by atoms with E-state index in [9.17, 15) is 22.4 Å². The largest absolute Gasteiger partial charge is 0.332 e. The molecule has 9 nitrogen and oxygen atoms in total. The van der Waals surface area contributed by atoms with Crippen molar-refractivity contribution < 1.29 is 22.4 Å². The molecule has 0 spiro atoms. The van der Waals surface area contributed by atoms with Gasteiger partial charge in [-0.1, -0.05) is 17.7 Å². The molecule has 1 aromatic heterocycles. The van der Waals surface area contributed by atoms with Crippen LogP contribution in [0.4, 0.5) is 10.1 Å². The van der Waals surface area contributed by atoms with Crippen LogP contribution in [-0.2, 0) is 39.1 Å². The molecule has 1 saturated heterocycles. The SMILES string of the molecule is C[C@H]1Cn2ncc(N3CC(N(C)S(C)(=O)=O)CC3=O)c2CN1C(=O)Cc1ccc(F)c(Cl)c1. The van der Waals surface area contributed by atoms with Crippen LogP contribution in [0.3, 0.4) is 0 Å². The maximum atomic E-state index is 13.4. The van der Waals surface area contributed by atoms with Crippen LogP contribution >= 0.6 is 11.6 Å². The minimum atomic E-state index is -3.43. The van der Waals surface area contributed by atoms with Crippen LogP contribution in [-0.4, -0.2) is 71.1 Å². The van der Waals surface area contributed by atoms with Gasteiger partial charge in [-0.05, 0) is 24.6 Å². The number of carbonyl (C=O) groups is 2. The van der Waals surface area contributed by atoms with Gasteiger partial charge < -0.3 is 9.80 Å². The van der Waals surface area contributed by atoms with Gasteiger partial charge in [-0.2, -0.15) is 9.40 Å². The molecule has 0 saturated carbocycles. The van der Waals surface area contributed by atoms with E-state index >= 15 is 0 Å². The topological polar surface area (TPSA) is 95.8 Å². The Labute approximate surface area is 196 Å². The molecule has 3 heterocycles. The van der Waals surface area contributed by atoms with Gasteiger partial charge in [-0.25, -0.2) is 12.8 Å². The Kier molecular flexibility index (Phi) is 6.23. The molecule has 4 rings (SSSR count). The molecule has 2 amide bonds. The number of carbonyl (C=O) groups excluding carboxylic acids is 2. The summed E-state index contributed by atoms with van der Waals surface area (Å²) in [5.74, 6) is -0.877. The smallest absolute Gasteiger partial charge is 0.228 e. The lowest BCUT2D eigenvalue weighted by atomic mass is 10.1. The summed E-state index contributed by atoms with van der Waals surface area (Å²) >= 11 is 5.84. The first kappa shape index (κ1) is 23.7. The summed E-state index contributed by atoms with van der Waals surface area (Å²) in [4.78, 5) is 29.0. The Morgan fingerprint density at radius 1 is 1.33 bits per heavy atom. The molecule has 33 heavy (non-hydrogen) atoms. The third-order valence-corrected chi connectivity index (χ3v) is 7.94. The average Bonchev–Trinajstić information content (AvgIpc) is 3.31. The molecule has 0 aliphatic carbocycles. The van der Waals surface area contributed by atoms with E-state index in [2.05, 4.69) is 5.10 Å². The highest BCUT2D eigenvalue weighted by Gasteiger charge is 2.39. The lowest BCUT2D eigenvalue weighted by molar-refractivity contribution is -0.134. The molecule has 1 aromatic carbocycles. The maximum absolute atomic E-state index is 13.4. The van der Waals surface area contributed by atoms with Crippen molar-refractivity contribution in [3.63, 3.8) is 0 Å². The van der Waals surface area contributed by atoms with Gasteiger partial charge in [0.15, 0.2) is 0 Å². The first-order chi connectivity index (χ1) is 15.5. The van der Waals surface area contributed by atoms with E-state index in [1.165, 1.54) is 29.6 Å². The first-order valence-electron chi connectivity index (χ1n) is 10.5. The summed E-state index contributed by atoms with van der Waals surface area (Å²) in [7, 11) is -1.97. The number of amides is 2. The van der Waals surface area contributed by atoms with Crippen LogP contribution in [0, 0.1) is 5.82 Å². The number of hydrogen-bond donors (Lipinski definition) is 0. The number of nitrogens with zero attached hydrogens (tertiary/aromatic N) is 5. The van der Waals surface area contributed by atoms with E-state index in [1.807, 2.05) is 6.92 Å². The van der Waals surface area contributed by atoms with Crippen molar-refractivity contribution in [3.05, 3.63) is 46.5 Å². The molecule has 1 unspecified atom stereocenters. The zero-order valence-corrected chi connectivity index (χ0v) is 20.1. The van der Waals surface area contributed by atoms with Gasteiger partial charge >= 0.3 is 0 Å². The predicted molar refractivity (Wildman–Crippen MR) is 121 cm³/mol. The zero-order chi connectivity index (χ0) is 24.1. The van der Waals surface area contributed by atoms with E-state index in [-0.39, 0.29) is 48.8 Å². The number of aromatic nitrogens is 2. The predicted octanol–water partition coefficient (Wildman–Crippen LogP) is 1.65. The molecule has 12 heteroatoms. The van der Waals surface area contributed by atoms with E-state index in [0.717, 1.165) is 11.9 Å². The van der Waals surface area contributed by atoms with Gasteiger partial charge in [0.2, 0.25) is 21.8 Å². The summed E-state index contributed by atoms with van der Waals surface area (Å²) in [6.45, 7) is 2.84. The Bertz CT molecular complexity index is 1220. The molecule has 2 aliphatic rings. The minimum absolute atomic E-state index is 0.0338. The third-order valence-electron chi connectivity index (χ3n) is 6.31. The summed E-state index contributed by atoms with van der Waals surface area (Å²) in [5.41, 5.74) is 1.91. The van der Waals surface area contributed by atoms with Crippen LogP contribution in [0.1, 0.15) is 24.6 Å². The Morgan fingerprint density at radius 2 is 2.06 bits per heavy atom. The number of halogens is 2. The monoisotopic (exact) mass is 497 g/mol. The second-order valence-electron chi connectivity index (χ2n) is 8.60. The number of hydrogen-bond acceptors (Lipinski definition) is 5. The van der Waals surface area contributed by atoms with Crippen LogP contribution in [0.5, 0.6) is 0 Å². The molecule has 178 valence electrons. The van der Waals surface area contributed by atoms with E-state index in [4.69, 9.17) is 11.6 Å². The number of likely N-dealkylation sites (N-methyl/N-ethyl adjacent to an activating group) is 1. The lowest BCUT2D eigenvalue weighted by Gasteiger charge is -2.35. The maximum Gasteiger partial charge on any atom is 0.228 e. The van der Waals surface area contributed by atoms with Crippen molar-refractivity contribution in [1.29, 1.82) is 0 Å². The summed E-state index contributed by atoms with van der Waals surface area (Å²) in [6, 6.07) is 3.62. The van der Waals surface area contributed by atoms with Crippen LogP contribution in [0.25, 0.3) is 0 Å². The standard InChI is InChI=1S/C21H25ClFN5O4S/c1-13-10-28-19(12-26(13)20(29)7-14-4-5-17(23)16(22)6-14)18(9-24-28)27-11-15(8-21(27)30)25(2)33(3,31)32/h4-6,9,13,15H,7-8,10-12H2,1-3H3/t13-,15?/m0/s1. The number of rotatable bonds is 5. The molecule has 1 fully saturated rings. The molecular weight excluding hydrogens is 473 g/mol. The molecule has 2 atom stereocenters. The van der Waals surface area contributed by atoms with Crippen molar-refractivity contribution in [2.45, 2.75) is 44.9 Å². The molecule has 0 bridgehead atoms.